The van der Waals surface area contributed by atoms with Crippen molar-refractivity contribution in [2.45, 2.75) is 32.7 Å². The zero-order valence-corrected chi connectivity index (χ0v) is 15.7. The molecule has 1 amide bonds. The molecule has 3 rings (SSSR count). The van der Waals surface area contributed by atoms with Gasteiger partial charge in [0.05, 0.1) is 10.6 Å². The van der Waals surface area contributed by atoms with Crippen LogP contribution in [-0.2, 0) is 12.0 Å². The van der Waals surface area contributed by atoms with Crippen LogP contribution in [0.25, 0.3) is 11.0 Å². The van der Waals surface area contributed by atoms with Gasteiger partial charge in [-0.3, -0.25) is 4.79 Å². The molecule has 0 atom stereocenters. The van der Waals surface area contributed by atoms with Gasteiger partial charge in [0.2, 0.25) is 0 Å². The van der Waals surface area contributed by atoms with Gasteiger partial charge in [-0.05, 0) is 40.8 Å². The maximum Gasteiger partial charge on any atom is 0.336 e. The molecule has 0 saturated heterocycles. The molecule has 0 aliphatic rings. The summed E-state index contributed by atoms with van der Waals surface area (Å²) in [5.74, 6) is -0.288. The van der Waals surface area contributed by atoms with Crippen molar-refractivity contribution in [1.29, 1.82) is 0 Å². The largest absolute Gasteiger partial charge is 0.423 e. The molecule has 0 saturated carbocycles. The van der Waals surface area contributed by atoms with E-state index in [4.69, 9.17) is 16.0 Å². The molecule has 0 aliphatic heterocycles. The van der Waals surface area contributed by atoms with Crippen molar-refractivity contribution in [1.82, 2.24) is 5.32 Å². The van der Waals surface area contributed by atoms with Gasteiger partial charge < -0.3 is 9.73 Å². The van der Waals surface area contributed by atoms with Crippen molar-refractivity contribution in [3.8, 4) is 0 Å². The number of nitrogens with one attached hydrogen (secondary N) is 1. The Balaban J connectivity index is 1.95. The lowest BCUT2D eigenvalue weighted by atomic mass is 9.86. The summed E-state index contributed by atoms with van der Waals surface area (Å²) in [6.45, 7) is 6.56. The lowest BCUT2D eigenvalue weighted by molar-refractivity contribution is 0.0951. The molecule has 5 heteroatoms. The summed E-state index contributed by atoms with van der Waals surface area (Å²) in [6, 6.07) is 14.0. The Labute approximate surface area is 156 Å². The Bertz CT molecular complexity index is 1030. The molecule has 0 radical (unpaired) electrons. The molecule has 2 aromatic carbocycles. The fourth-order valence-electron chi connectivity index (χ4n) is 2.76. The SMILES string of the molecule is CC(C)(C)c1ccc2oc(=O)cc(CNC(=O)c3ccccc3Cl)c2c1. The predicted octanol–water partition coefficient (Wildman–Crippen LogP) is 4.67. The van der Waals surface area contributed by atoms with E-state index in [2.05, 4.69) is 26.1 Å². The zero-order valence-electron chi connectivity index (χ0n) is 14.9. The van der Waals surface area contributed by atoms with Gasteiger partial charge in [-0.2, -0.15) is 0 Å². The van der Waals surface area contributed by atoms with Crippen molar-refractivity contribution >= 4 is 28.5 Å². The van der Waals surface area contributed by atoms with Crippen LogP contribution in [0.15, 0.2) is 57.7 Å². The maximum absolute atomic E-state index is 12.4. The number of benzene rings is 2. The molecule has 1 heterocycles. The van der Waals surface area contributed by atoms with Crippen molar-refractivity contribution < 1.29 is 9.21 Å². The van der Waals surface area contributed by atoms with Crippen LogP contribution in [0.3, 0.4) is 0 Å². The monoisotopic (exact) mass is 369 g/mol. The highest BCUT2D eigenvalue weighted by molar-refractivity contribution is 6.33. The van der Waals surface area contributed by atoms with Crippen LogP contribution in [0.5, 0.6) is 0 Å². The minimum absolute atomic E-state index is 0.0393. The first-order valence-corrected chi connectivity index (χ1v) is 8.73. The number of amides is 1. The van der Waals surface area contributed by atoms with Crippen LogP contribution < -0.4 is 10.9 Å². The van der Waals surface area contributed by atoms with Gasteiger partial charge in [0.15, 0.2) is 0 Å². The van der Waals surface area contributed by atoms with E-state index >= 15 is 0 Å². The van der Waals surface area contributed by atoms with Crippen molar-refractivity contribution in [3.05, 3.63) is 80.7 Å². The Kier molecular flexibility index (Phi) is 4.88. The van der Waals surface area contributed by atoms with E-state index in [9.17, 15) is 9.59 Å². The van der Waals surface area contributed by atoms with E-state index in [0.717, 1.165) is 10.9 Å². The van der Waals surface area contributed by atoms with Gasteiger partial charge in [0.1, 0.15) is 5.58 Å². The Morgan fingerprint density at radius 3 is 2.54 bits per heavy atom. The van der Waals surface area contributed by atoms with Crippen LogP contribution in [0, 0.1) is 0 Å². The van der Waals surface area contributed by atoms with E-state index in [1.807, 2.05) is 12.1 Å². The maximum atomic E-state index is 12.4. The molecule has 4 nitrogen and oxygen atoms in total. The number of carbonyl (C=O) groups excluding carboxylic acids is 1. The van der Waals surface area contributed by atoms with Gasteiger partial charge in [-0.25, -0.2) is 4.79 Å². The highest BCUT2D eigenvalue weighted by Gasteiger charge is 2.16. The lowest BCUT2D eigenvalue weighted by Crippen LogP contribution is -2.24. The molecule has 1 aromatic heterocycles. The first-order valence-electron chi connectivity index (χ1n) is 8.36. The summed E-state index contributed by atoms with van der Waals surface area (Å²) in [5.41, 5.74) is 2.26. The number of hydrogen-bond acceptors (Lipinski definition) is 3. The highest BCUT2D eigenvalue weighted by atomic mass is 35.5. The summed E-state index contributed by atoms with van der Waals surface area (Å²) in [4.78, 5) is 24.2. The molecule has 3 aromatic rings. The van der Waals surface area contributed by atoms with Gasteiger partial charge >= 0.3 is 5.63 Å². The van der Waals surface area contributed by atoms with Gasteiger partial charge in [0, 0.05) is 18.0 Å². The molecule has 1 N–H and O–H groups in total. The average molecular weight is 370 g/mol. The van der Waals surface area contributed by atoms with Gasteiger partial charge in [-0.15, -0.1) is 0 Å². The Hall–Kier alpha value is -2.59. The van der Waals surface area contributed by atoms with Crippen LogP contribution in [0.4, 0.5) is 0 Å². The third kappa shape index (κ3) is 3.81. The molecule has 0 spiro atoms. The van der Waals surface area contributed by atoms with Crippen LogP contribution in [-0.4, -0.2) is 5.91 Å². The van der Waals surface area contributed by atoms with Crippen LogP contribution >= 0.6 is 11.6 Å². The normalized spacial score (nSPS) is 11.5. The number of carbonyl (C=O) groups is 1. The summed E-state index contributed by atoms with van der Waals surface area (Å²) < 4.78 is 5.29. The summed E-state index contributed by atoms with van der Waals surface area (Å²) >= 11 is 6.07. The molecule has 134 valence electrons. The predicted molar refractivity (Wildman–Crippen MR) is 104 cm³/mol. The second-order valence-electron chi connectivity index (χ2n) is 7.21. The standard InChI is InChI=1S/C21H20ClNO3/c1-21(2,3)14-8-9-18-16(11-14)13(10-19(24)26-18)12-23-20(25)15-6-4-5-7-17(15)22/h4-11H,12H2,1-3H3,(H,23,25). The number of hydrogen-bond donors (Lipinski definition) is 1. The first-order chi connectivity index (χ1) is 12.3. The smallest absolute Gasteiger partial charge is 0.336 e. The van der Waals surface area contributed by atoms with Crippen LogP contribution in [0.1, 0.15) is 42.3 Å². The van der Waals surface area contributed by atoms with E-state index in [-0.39, 0.29) is 17.9 Å². The Morgan fingerprint density at radius 1 is 1.12 bits per heavy atom. The summed E-state index contributed by atoms with van der Waals surface area (Å²) in [7, 11) is 0. The topological polar surface area (TPSA) is 59.3 Å². The van der Waals surface area contributed by atoms with Crippen molar-refractivity contribution in [2.75, 3.05) is 0 Å². The molecule has 26 heavy (non-hydrogen) atoms. The van der Waals surface area contributed by atoms with Crippen molar-refractivity contribution in [2.24, 2.45) is 0 Å². The van der Waals surface area contributed by atoms with Crippen LogP contribution in [0.2, 0.25) is 5.02 Å². The van der Waals surface area contributed by atoms with Gasteiger partial charge in [-0.1, -0.05) is 50.6 Å². The zero-order chi connectivity index (χ0) is 18.9. The lowest BCUT2D eigenvalue weighted by Gasteiger charge is -2.19. The fraction of sp³-hybridized carbons (Fsp3) is 0.238. The summed E-state index contributed by atoms with van der Waals surface area (Å²) in [6.07, 6.45) is 0. The van der Waals surface area contributed by atoms with E-state index in [1.54, 1.807) is 30.3 Å². The second-order valence-corrected chi connectivity index (χ2v) is 7.62. The third-order valence-corrected chi connectivity index (χ3v) is 4.58. The van der Waals surface area contributed by atoms with E-state index in [1.165, 1.54) is 6.07 Å². The minimum atomic E-state index is -0.442. The molecule has 0 bridgehead atoms. The molecular weight excluding hydrogens is 350 g/mol. The second kappa shape index (κ2) is 6.96. The molecule has 0 aliphatic carbocycles. The molecule has 0 fully saturated rings. The van der Waals surface area contributed by atoms with Gasteiger partial charge in [0.25, 0.3) is 5.91 Å². The summed E-state index contributed by atoms with van der Waals surface area (Å²) in [5, 5.41) is 4.03. The number of halogens is 1. The molecule has 0 unspecified atom stereocenters. The first kappa shape index (κ1) is 18.2. The van der Waals surface area contributed by atoms with Crippen molar-refractivity contribution in [3.63, 3.8) is 0 Å². The average Bonchev–Trinajstić information content (AvgIpc) is 2.58. The fourth-order valence-corrected chi connectivity index (χ4v) is 2.98. The van der Waals surface area contributed by atoms with E-state index in [0.29, 0.717) is 21.7 Å². The third-order valence-electron chi connectivity index (χ3n) is 4.25. The quantitative estimate of drug-likeness (QED) is 0.682. The molecular formula is C21H20ClNO3. The Morgan fingerprint density at radius 2 is 1.85 bits per heavy atom. The minimum Gasteiger partial charge on any atom is -0.423 e. The highest BCUT2D eigenvalue weighted by Crippen LogP contribution is 2.27. The number of fused-ring (bicyclic) bond motifs is 1. The number of rotatable bonds is 3. The van der Waals surface area contributed by atoms with E-state index < -0.39 is 5.63 Å².